The zero-order valence-electron chi connectivity index (χ0n) is 8.32. The molecule has 4 nitrogen and oxygen atoms in total. The molecule has 1 saturated heterocycles. The van der Waals surface area contributed by atoms with Crippen molar-refractivity contribution in [1.82, 2.24) is 10.2 Å². The van der Waals surface area contributed by atoms with Crippen LogP contribution in [-0.4, -0.2) is 49.6 Å². The summed E-state index contributed by atoms with van der Waals surface area (Å²) in [5, 5.41) is 3.70. The van der Waals surface area contributed by atoms with E-state index in [-0.39, 0.29) is 11.5 Å². The lowest BCUT2D eigenvalue weighted by atomic mass is 10.4. The van der Waals surface area contributed by atoms with Gasteiger partial charge in [-0.25, -0.2) is 8.42 Å². The predicted molar refractivity (Wildman–Crippen MR) is 61.1 cm³/mol. The summed E-state index contributed by atoms with van der Waals surface area (Å²) >= 11 is 5.13. The van der Waals surface area contributed by atoms with E-state index in [2.05, 4.69) is 5.32 Å². The van der Waals surface area contributed by atoms with Crippen LogP contribution in [0.1, 0.15) is 13.3 Å². The molecule has 0 atom stereocenters. The Morgan fingerprint density at radius 3 is 2.79 bits per heavy atom. The van der Waals surface area contributed by atoms with Gasteiger partial charge in [0, 0.05) is 19.6 Å². The fraction of sp³-hybridized carbons (Fsp3) is 0.875. The van der Waals surface area contributed by atoms with E-state index in [1.54, 1.807) is 0 Å². The van der Waals surface area contributed by atoms with Crippen LogP contribution in [0.4, 0.5) is 0 Å². The van der Waals surface area contributed by atoms with E-state index in [1.807, 2.05) is 11.8 Å². The zero-order chi connectivity index (χ0) is 10.6. The highest BCUT2D eigenvalue weighted by atomic mass is 32.2. The smallest absolute Gasteiger partial charge is 0.168 e. The van der Waals surface area contributed by atoms with E-state index in [0.29, 0.717) is 18.1 Å². The van der Waals surface area contributed by atoms with Gasteiger partial charge in [-0.1, -0.05) is 0 Å². The van der Waals surface area contributed by atoms with Crippen molar-refractivity contribution in [2.75, 3.05) is 31.1 Å². The fourth-order valence-corrected chi connectivity index (χ4v) is 3.00. The summed E-state index contributed by atoms with van der Waals surface area (Å²) in [5.74, 6) is 0.511. The number of sulfone groups is 1. The average Bonchev–Trinajstić information content (AvgIpc) is 2.27. The minimum Gasteiger partial charge on any atom is -0.363 e. The molecule has 1 aliphatic rings. The lowest BCUT2D eigenvalue weighted by molar-refractivity contribution is 0.443. The van der Waals surface area contributed by atoms with E-state index < -0.39 is 9.84 Å². The maximum absolute atomic E-state index is 11.3. The SMILES string of the molecule is CCNC(=S)N1CCCS(=O)(=O)CC1. The molecule has 0 unspecified atom stereocenters. The molecule has 0 radical (unpaired) electrons. The van der Waals surface area contributed by atoms with Crippen molar-refractivity contribution in [2.24, 2.45) is 0 Å². The van der Waals surface area contributed by atoms with Gasteiger partial charge in [-0.3, -0.25) is 0 Å². The fourth-order valence-electron chi connectivity index (χ4n) is 1.40. The first-order valence-electron chi connectivity index (χ1n) is 4.78. The summed E-state index contributed by atoms with van der Waals surface area (Å²) in [5.41, 5.74) is 0. The molecule has 0 aromatic heterocycles. The normalized spacial score (nSPS) is 21.4. The van der Waals surface area contributed by atoms with Crippen molar-refractivity contribution >= 4 is 27.2 Å². The summed E-state index contributed by atoms with van der Waals surface area (Å²) in [6.45, 7) is 4.02. The Morgan fingerprint density at radius 1 is 1.43 bits per heavy atom. The molecule has 0 aromatic rings. The predicted octanol–water partition coefficient (Wildman–Crippen LogP) is 0.00130. The van der Waals surface area contributed by atoms with Crippen molar-refractivity contribution < 1.29 is 8.42 Å². The number of hydrogen-bond donors (Lipinski definition) is 1. The average molecular weight is 236 g/mol. The van der Waals surface area contributed by atoms with Crippen LogP contribution in [0.15, 0.2) is 0 Å². The van der Waals surface area contributed by atoms with Gasteiger partial charge in [0.1, 0.15) is 0 Å². The molecule has 1 heterocycles. The van der Waals surface area contributed by atoms with E-state index in [4.69, 9.17) is 12.2 Å². The van der Waals surface area contributed by atoms with Gasteiger partial charge in [-0.05, 0) is 25.6 Å². The Labute approximate surface area is 90.6 Å². The van der Waals surface area contributed by atoms with E-state index in [9.17, 15) is 8.42 Å². The molecular weight excluding hydrogens is 220 g/mol. The molecule has 1 aliphatic heterocycles. The number of thiocarbonyl (C=S) groups is 1. The van der Waals surface area contributed by atoms with Gasteiger partial charge in [-0.15, -0.1) is 0 Å². The Bertz CT molecular complexity index is 300. The van der Waals surface area contributed by atoms with Crippen molar-refractivity contribution in [3.8, 4) is 0 Å². The summed E-state index contributed by atoms with van der Waals surface area (Å²) in [6, 6.07) is 0. The maximum atomic E-state index is 11.3. The summed E-state index contributed by atoms with van der Waals surface area (Å²) in [6.07, 6.45) is 0.674. The quantitative estimate of drug-likeness (QED) is 0.650. The minimum atomic E-state index is -2.83. The molecule has 0 amide bonds. The van der Waals surface area contributed by atoms with E-state index in [1.165, 1.54) is 0 Å². The molecular formula is C8H16N2O2S2. The van der Waals surface area contributed by atoms with Gasteiger partial charge in [0.05, 0.1) is 11.5 Å². The third-order valence-electron chi connectivity index (χ3n) is 2.17. The summed E-state index contributed by atoms with van der Waals surface area (Å²) in [4.78, 5) is 1.93. The molecule has 1 fully saturated rings. The zero-order valence-corrected chi connectivity index (χ0v) is 9.96. The van der Waals surface area contributed by atoms with Crippen LogP contribution < -0.4 is 5.32 Å². The first-order valence-corrected chi connectivity index (χ1v) is 7.01. The number of rotatable bonds is 1. The molecule has 14 heavy (non-hydrogen) atoms. The van der Waals surface area contributed by atoms with Gasteiger partial charge in [-0.2, -0.15) is 0 Å². The number of hydrogen-bond acceptors (Lipinski definition) is 3. The largest absolute Gasteiger partial charge is 0.363 e. The second-order valence-corrected chi connectivity index (χ2v) is 6.02. The number of nitrogens with zero attached hydrogens (tertiary/aromatic N) is 1. The topological polar surface area (TPSA) is 49.4 Å². The van der Waals surface area contributed by atoms with Gasteiger partial charge in [0.15, 0.2) is 14.9 Å². The Hall–Kier alpha value is -0.360. The molecule has 0 saturated carbocycles. The second-order valence-electron chi connectivity index (χ2n) is 3.33. The molecule has 1 N–H and O–H groups in total. The van der Waals surface area contributed by atoms with E-state index in [0.717, 1.165) is 13.1 Å². The monoisotopic (exact) mass is 236 g/mol. The highest BCUT2D eigenvalue weighted by molar-refractivity contribution is 7.91. The molecule has 82 valence electrons. The van der Waals surface area contributed by atoms with Crippen molar-refractivity contribution in [3.63, 3.8) is 0 Å². The highest BCUT2D eigenvalue weighted by Gasteiger charge is 2.19. The Kier molecular flexibility index (Phi) is 4.12. The van der Waals surface area contributed by atoms with Gasteiger partial charge in [0.2, 0.25) is 0 Å². The van der Waals surface area contributed by atoms with Crippen molar-refractivity contribution in [2.45, 2.75) is 13.3 Å². The second kappa shape index (κ2) is 4.93. The third kappa shape index (κ3) is 3.42. The summed E-state index contributed by atoms with van der Waals surface area (Å²) < 4.78 is 22.6. The van der Waals surface area contributed by atoms with Crippen LogP contribution in [-0.2, 0) is 9.84 Å². The van der Waals surface area contributed by atoms with Gasteiger partial charge < -0.3 is 10.2 Å². The Balaban J connectivity index is 2.54. The lowest BCUT2D eigenvalue weighted by Gasteiger charge is -2.22. The first-order chi connectivity index (χ1) is 6.55. The lowest BCUT2D eigenvalue weighted by Crippen LogP contribution is -2.41. The van der Waals surface area contributed by atoms with Crippen LogP contribution in [0.25, 0.3) is 0 Å². The molecule has 0 bridgehead atoms. The molecule has 0 spiro atoms. The van der Waals surface area contributed by atoms with Crippen molar-refractivity contribution in [3.05, 3.63) is 0 Å². The molecule has 0 aromatic carbocycles. The maximum Gasteiger partial charge on any atom is 0.168 e. The van der Waals surface area contributed by atoms with Crippen molar-refractivity contribution in [1.29, 1.82) is 0 Å². The van der Waals surface area contributed by atoms with Crippen LogP contribution in [0, 0.1) is 0 Å². The summed E-state index contributed by atoms with van der Waals surface area (Å²) in [7, 11) is -2.83. The van der Waals surface area contributed by atoms with E-state index >= 15 is 0 Å². The van der Waals surface area contributed by atoms with Crippen LogP contribution in [0.5, 0.6) is 0 Å². The number of nitrogens with one attached hydrogen (secondary N) is 1. The third-order valence-corrected chi connectivity index (χ3v) is 4.29. The molecule has 6 heteroatoms. The Morgan fingerprint density at radius 2 is 2.14 bits per heavy atom. The minimum absolute atomic E-state index is 0.221. The highest BCUT2D eigenvalue weighted by Crippen LogP contribution is 2.04. The standard InChI is InChI=1S/C8H16N2O2S2/c1-2-9-8(13)10-4-3-6-14(11,12)7-5-10/h2-7H2,1H3,(H,9,13). The van der Waals surface area contributed by atoms with Gasteiger partial charge >= 0.3 is 0 Å². The first kappa shape index (κ1) is 11.7. The van der Waals surface area contributed by atoms with Crippen LogP contribution in [0.3, 0.4) is 0 Å². The molecule has 1 rings (SSSR count). The molecule has 0 aliphatic carbocycles. The van der Waals surface area contributed by atoms with Gasteiger partial charge in [0.25, 0.3) is 0 Å². The van der Waals surface area contributed by atoms with Crippen LogP contribution >= 0.6 is 12.2 Å². The van der Waals surface area contributed by atoms with Crippen LogP contribution in [0.2, 0.25) is 0 Å².